The number of aromatic nitrogens is 2. The zero-order valence-electron chi connectivity index (χ0n) is 16.8. The van der Waals surface area contributed by atoms with Crippen LogP contribution < -0.4 is 10.1 Å². The molecular weight excluding hydrogens is 356 g/mol. The Bertz CT molecular complexity index is 860. The molecule has 1 atom stereocenters. The highest BCUT2D eigenvalue weighted by Gasteiger charge is 2.33. The first kappa shape index (κ1) is 18.8. The molecule has 2 fully saturated rings. The maximum absolute atomic E-state index is 12.5. The fourth-order valence-corrected chi connectivity index (χ4v) is 3.34. The van der Waals surface area contributed by atoms with Gasteiger partial charge in [0.05, 0.1) is 17.1 Å². The summed E-state index contributed by atoms with van der Waals surface area (Å²) in [6.07, 6.45) is 3.85. The number of carbonyl (C=O) groups excluding carboxylic acids is 1. The molecule has 1 aromatic carbocycles. The third kappa shape index (κ3) is 4.46. The van der Waals surface area contributed by atoms with Gasteiger partial charge in [-0.3, -0.25) is 0 Å². The molecule has 0 radical (unpaired) electrons. The van der Waals surface area contributed by atoms with Gasteiger partial charge in [0.15, 0.2) is 5.82 Å². The highest BCUT2D eigenvalue weighted by atomic mass is 16.6. The van der Waals surface area contributed by atoms with E-state index in [1.54, 1.807) is 4.90 Å². The van der Waals surface area contributed by atoms with Crippen LogP contribution in [0, 0.1) is 0 Å². The van der Waals surface area contributed by atoms with Gasteiger partial charge in [0.2, 0.25) is 0 Å². The van der Waals surface area contributed by atoms with Gasteiger partial charge in [-0.1, -0.05) is 12.1 Å². The number of likely N-dealkylation sites (tertiary alicyclic amines) is 1. The van der Waals surface area contributed by atoms with Crippen LogP contribution in [0.25, 0.3) is 11.0 Å². The lowest BCUT2D eigenvalue weighted by Crippen LogP contribution is -2.42. The predicted molar refractivity (Wildman–Crippen MR) is 108 cm³/mol. The number of anilines is 1. The molecule has 2 aromatic rings. The number of benzene rings is 1. The minimum absolute atomic E-state index is 0.0168. The van der Waals surface area contributed by atoms with Crippen LogP contribution in [0.15, 0.2) is 24.3 Å². The van der Waals surface area contributed by atoms with Gasteiger partial charge < -0.3 is 19.7 Å². The molecule has 7 heteroatoms. The summed E-state index contributed by atoms with van der Waals surface area (Å²) >= 11 is 0. The van der Waals surface area contributed by atoms with Gasteiger partial charge in [-0.15, -0.1) is 0 Å². The van der Waals surface area contributed by atoms with Crippen molar-refractivity contribution in [1.29, 1.82) is 0 Å². The fraction of sp³-hybridized carbons (Fsp3) is 0.571. The Morgan fingerprint density at radius 1 is 1.18 bits per heavy atom. The lowest BCUT2D eigenvalue weighted by molar-refractivity contribution is 0.0186. The molecule has 150 valence electrons. The highest BCUT2D eigenvalue weighted by Crippen LogP contribution is 2.30. The molecule has 2 aliphatic rings. The Hall–Kier alpha value is -2.57. The van der Waals surface area contributed by atoms with Crippen LogP contribution in [0.5, 0.6) is 5.88 Å². The van der Waals surface area contributed by atoms with Crippen molar-refractivity contribution in [2.24, 2.45) is 0 Å². The maximum Gasteiger partial charge on any atom is 0.410 e. The zero-order valence-corrected chi connectivity index (χ0v) is 16.8. The second-order valence-electron chi connectivity index (χ2n) is 8.57. The van der Waals surface area contributed by atoms with Crippen molar-refractivity contribution < 1.29 is 14.3 Å². The van der Waals surface area contributed by atoms with E-state index in [1.165, 1.54) is 0 Å². The van der Waals surface area contributed by atoms with Gasteiger partial charge in [-0.2, -0.15) is 0 Å². The van der Waals surface area contributed by atoms with E-state index in [9.17, 15) is 4.79 Å². The van der Waals surface area contributed by atoms with Crippen LogP contribution >= 0.6 is 0 Å². The summed E-state index contributed by atoms with van der Waals surface area (Å²) < 4.78 is 11.6. The quantitative estimate of drug-likeness (QED) is 0.840. The number of ether oxygens (including phenoxy) is 2. The fourth-order valence-electron chi connectivity index (χ4n) is 3.34. The number of hydrogen-bond acceptors (Lipinski definition) is 6. The van der Waals surface area contributed by atoms with E-state index in [0.29, 0.717) is 30.9 Å². The standard InChI is InChI=1S/C21H28N4O3/c1-21(2,3)28-20(26)25-12-6-7-15(25)13-27-19-18(22-14-10-11-14)23-16-8-4-5-9-17(16)24-19/h4-5,8-9,14-15H,6-7,10-13H2,1-3H3,(H,22,23)/t15-/m0/s1. The van der Waals surface area contributed by atoms with Crippen molar-refractivity contribution in [3.05, 3.63) is 24.3 Å². The normalized spacial score (nSPS) is 19.7. The monoisotopic (exact) mass is 384 g/mol. The van der Waals surface area contributed by atoms with Crippen molar-refractivity contribution in [3.8, 4) is 5.88 Å². The van der Waals surface area contributed by atoms with E-state index < -0.39 is 5.60 Å². The number of amides is 1. The van der Waals surface area contributed by atoms with Crippen molar-refractivity contribution in [1.82, 2.24) is 14.9 Å². The molecule has 1 aliphatic heterocycles. The third-order valence-electron chi connectivity index (χ3n) is 4.87. The van der Waals surface area contributed by atoms with Gasteiger partial charge in [0, 0.05) is 12.6 Å². The smallest absolute Gasteiger partial charge is 0.410 e. The third-order valence-corrected chi connectivity index (χ3v) is 4.87. The molecule has 2 heterocycles. The number of hydrogen-bond donors (Lipinski definition) is 1. The molecule has 4 rings (SSSR count). The number of nitrogens with one attached hydrogen (secondary N) is 1. The average Bonchev–Trinajstić information content (AvgIpc) is 3.32. The van der Waals surface area contributed by atoms with Crippen molar-refractivity contribution in [2.75, 3.05) is 18.5 Å². The maximum atomic E-state index is 12.5. The Balaban J connectivity index is 1.48. The van der Waals surface area contributed by atoms with Crippen LogP contribution in [0.1, 0.15) is 46.5 Å². The summed E-state index contributed by atoms with van der Waals surface area (Å²) in [5, 5.41) is 3.41. The first-order chi connectivity index (χ1) is 13.4. The van der Waals surface area contributed by atoms with Crippen LogP contribution in [0.2, 0.25) is 0 Å². The van der Waals surface area contributed by atoms with Crippen LogP contribution in [-0.2, 0) is 4.74 Å². The molecule has 1 saturated heterocycles. The number of para-hydroxylation sites is 2. The largest absolute Gasteiger partial charge is 0.473 e. The number of carbonyl (C=O) groups is 1. The van der Waals surface area contributed by atoms with E-state index in [0.717, 1.165) is 36.7 Å². The van der Waals surface area contributed by atoms with Gasteiger partial charge in [-0.05, 0) is 58.6 Å². The van der Waals surface area contributed by atoms with Gasteiger partial charge in [0.1, 0.15) is 12.2 Å². The molecule has 1 amide bonds. The van der Waals surface area contributed by atoms with Crippen molar-refractivity contribution >= 4 is 22.9 Å². The molecule has 7 nitrogen and oxygen atoms in total. The molecule has 0 spiro atoms. The summed E-state index contributed by atoms with van der Waals surface area (Å²) in [5.41, 5.74) is 1.14. The molecule has 1 saturated carbocycles. The molecule has 1 aliphatic carbocycles. The van der Waals surface area contributed by atoms with Crippen molar-refractivity contribution in [2.45, 2.75) is 64.1 Å². The van der Waals surface area contributed by atoms with Crippen LogP contribution in [0.3, 0.4) is 0 Å². The molecule has 1 N–H and O–H groups in total. The Labute approximate surface area is 165 Å². The summed E-state index contributed by atoms with van der Waals surface area (Å²) in [6.45, 7) is 6.72. The van der Waals surface area contributed by atoms with Crippen LogP contribution in [0.4, 0.5) is 10.6 Å². The van der Waals surface area contributed by atoms with Gasteiger partial charge >= 0.3 is 6.09 Å². The SMILES string of the molecule is CC(C)(C)OC(=O)N1CCC[C@H]1COc1nc2ccccc2nc1NC1CC1. The van der Waals surface area contributed by atoms with E-state index in [1.807, 2.05) is 45.0 Å². The number of fused-ring (bicyclic) bond motifs is 1. The van der Waals surface area contributed by atoms with Crippen molar-refractivity contribution in [3.63, 3.8) is 0 Å². The van der Waals surface area contributed by atoms with Gasteiger partial charge in [0.25, 0.3) is 5.88 Å². The predicted octanol–water partition coefficient (Wildman–Crippen LogP) is 3.98. The van der Waals surface area contributed by atoms with E-state index >= 15 is 0 Å². The second-order valence-corrected chi connectivity index (χ2v) is 8.57. The zero-order chi connectivity index (χ0) is 19.7. The summed E-state index contributed by atoms with van der Waals surface area (Å²) in [5.74, 6) is 1.18. The first-order valence-corrected chi connectivity index (χ1v) is 10.0. The number of nitrogens with zero attached hydrogens (tertiary/aromatic N) is 3. The summed E-state index contributed by atoms with van der Waals surface area (Å²) in [6, 6.07) is 8.20. The molecule has 0 bridgehead atoms. The Morgan fingerprint density at radius 2 is 1.89 bits per heavy atom. The lowest BCUT2D eigenvalue weighted by Gasteiger charge is -2.28. The Morgan fingerprint density at radius 3 is 2.57 bits per heavy atom. The second kappa shape index (κ2) is 7.45. The minimum atomic E-state index is -0.504. The van der Waals surface area contributed by atoms with E-state index in [2.05, 4.69) is 10.3 Å². The Kier molecular flexibility index (Phi) is 5.00. The minimum Gasteiger partial charge on any atom is -0.473 e. The summed E-state index contributed by atoms with van der Waals surface area (Å²) in [4.78, 5) is 23.6. The molecule has 28 heavy (non-hydrogen) atoms. The number of rotatable bonds is 5. The lowest BCUT2D eigenvalue weighted by atomic mass is 10.2. The molecule has 0 unspecified atom stereocenters. The first-order valence-electron chi connectivity index (χ1n) is 10.0. The molecular formula is C21H28N4O3. The average molecular weight is 384 g/mol. The molecule has 1 aromatic heterocycles. The topological polar surface area (TPSA) is 76.6 Å². The van der Waals surface area contributed by atoms with Gasteiger partial charge in [-0.25, -0.2) is 14.8 Å². The van der Waals surface area contributed by atoms with E-state index in [-0.39, 0.29) is 12.1 Å². The van der Waals surface area contributed by atoms with Crippen LogP contribution in [-0.4, -0.2) is 51.8 Å². The summed E-state index contributed by atoms with van der Waals surface area (Å²) in [7, 11) is 0. The highest BCUT2D eigenvalue weighted by molar-refractivity contribution is 5.77. The van der Waals surface area contributed by atoms with E-state index in [4.69, 9.17) is 14.5 Å².